The SMILES string of the molecule is O=P([O-])([O-])[O-].O=S(=O)([O-])O.[Ca+2].[Co+2]. The zero-order valence-corrected chi connectivity index (χ0v) is 10.2. The van der Waals surface area contributed by atoms with Crippen molar-refractivity contribution in [1.29, 1.82) is 0 Å². The molecule has 0 aromatic rings. The Bertz CT molecular complexity index is 197. The quantitative estimate of drug-likeness (QED) is 0.203. The van der Waals surface area contributed by atoms with Gasteiger partial charge >= 0.3 is 54.5 Å². The molecule has 0 rings (SSSR count). The smallest absolute Gasteiger partial charge is 0.822 e. The number of hydrogen-bond acceptors (Lipinski definition) is 7. The Balaban J connectivity index is -0.0000000457. The van der Waals surface area contributed by atoms with Crippen molar-refractivity contribution in [3.05, 3.63) is 0 Å². The zero-order chi connectivity index (χ0) is 9.00. The van der Waals surface area contributed by atoms with E-state index in [0.29, 0.717) is 0 Å². The fraction of sp³-hybridized carbons (Fsp3) is 0. The second-order valence-electron chi connectivity index (χ2n) is 0.875. The van der Waals surface area contributed by atoms with Gasteiger partial charge in [-0.05, 0) is 0 Å². The van der Waals surface area contributed by atoms with Gasteiger partial charge in [-0.15, -0.1) is 0 Å². The normalized spacial score (nSPS) is 9.75. The van der Waals surface area contributed by atoms with E-state index in [-0.39, 0.29) is 54.5 Å². The van der Waals surface area contributed by atoms with Gasteiger partial charge in [0.1, 0.15) is 0 Å². The Morgan fingerprint density at radius 1 is 1.17 bits per heavy atom. The molecule has 1 radical (unpaired) electrons. The van der Waals surface area contributed by atoms with E-state index in [4.69, 9.17) is 36.8 Å². The molecule has 0 heterocycles. The van der Waals surface area contributed by atoms with Crippen molar-refractivity contribution in [3.8, 4) is 0 Å². The van der Waals surface area contributed by atoms with E-state index in [0.717, 1.165) is 0 Å². The molecular formula is HCaCoO8PS. The van der Waals surface area contributed by atoms with Crippen molar-refractivity contribution in [2.45, 2.75) is 0 Å². The third-order valence-electron chi connectivity index (χ3n) is 0. The molecule has 0 bridgehead atoms. The summed E-state index contributed by atoms with van der Waals surface area (Å²) in [6.07, 6.45) is 0. The van der Waals surface area contributed by atoms with Gasteiger partial charge in [-0.25, -0.2) is 8.42 Å². The van der Waals surface area contributed by atoms with Crippen LogP contribution < -0.4 is 14.7 Å². The van der Waals surface area contributed by atoms with Crippen LogP contribution in [0, 0.1) is 0 Å². The van der Waals surface area contributed by atoms with E-state index < -0.39 is 18.2 Å². The molecular weight excluding hydrogens is 290 g/mol. The van der Waals surface area contributed by atoms with Crippen molar-refractivity contribution in [3.63, 3.8) is 0 Å². The predicted molar refractivity (Wildman–Crippen MR) is 25.7 cm³/mol. The topological polar surface area (TPSA) is 164 Å². The first-order valence-corrected chi connectivity index (χ1v) is 4.24. The molecule has 0 aliphatic rings. The van der Waals surface area contributed by atoms with Crippen LogP contribution in [0.25, 0.3) is 0 Å². The van der Waals surface area contributed by atoms with Crippen LogP contribution >= 0.6 is 7.82 Å². The van der Waals surface area contributed by atoms with Crippen LogP contribution in [0.2, 0.25) is 0 Å². The molecule has 0 aromatic carbocycles. The van der Waals surface area contributed by atoms with E-state index >= 15 is 0 Å². The van der Waals surface area contributed by atoms with Gasteiger partial charge in [0.2, 0.25) is 10.4 Å². The van der Waals surface area contributed by atoms with Gasteiger partial charge in [0, 0.05) is 0 Å². The zero-order valence-electron chi connectivity index (χ0n) is 5.20. The number of phosphoric acid groups is 1. The van der Waals surface area contributed by atoms with Crippen LogP contribution in [0.5, 0.6) is 0 Å². The number of rotatable bonds is 0. The van der Waals surface area contributed by atoms with Crippen molar-refractivity contribution in [2.75, 3.05) is 0 Å². The third-order valence-corrected chi connectivity index (χ3v) is 0. The molecule has 8 nitrogen and oxygen atoms in total. The molecule has 0 aromatic heterocycles. The largest absolute Gasteiger partial charge is 2.00 e. The monoisotopic (exact) mass is 291 g/mol. The van der Waals surface area contributed by atoms with E-state index in [1.165, 1.54) is 0 Å². The maximum Gasteiger partial charge on any atom is 2.00 e. The molecule has 0 aliphatic heterocycles. The summed E-state index contributed by atoms with van der Waals surface area (Å²) in [7, 11) is -10.3. The number of hydrogen-bond donors (Lipinski definition) is 1. The summed E-state index contributed by atoms with van der Waals surface area (Å²) < 4.78 is 41.4. The first-order valence-electron chi connectivity index (χ1n) is 1.41. The first kappa shape index (κ1) is 23.5. The summed E-state index contributed by atoms with van der Waals surface area (Å²) in [5.74, 6) is 0. The Morgan fingerprint density at radius 2 is 1.17 bits per heavy atom. The molecule has 0 saturated carbocycles. The van der Waals surface area contributed by atoms with E-state index in [1.54, 1.807) is 0 Å². The maximum absolute atomic E-state index is 8.63. The summed E-state index contributed by atoms with van der Waals surface area (Å²) in [4.78, 5) is 25.6. The van der Waals surface area contributed by atoms with Gasteiger partial charge in [0.05, 0.1) is 0 Å². The van der Waals surface area contributed by atoms with Crippen LogP contribution in [0.1, 0.15) is 0 Å². The Kier molecular flexibility index (Phi) is 18.2. The molecule has 12 heavy (non-hydrogen) atoms. The Hall–Kier alpha value is 1.75. The van der Waals surface area contributed by atoms with Crippen molar-refractivity contribution in [2.24, 2.45) is 0 Å². The molecule has 0 saturated heterocycles. The van der Waals surface area contributed by atoms with Gasteiger partial charge in [0.25, 0.3) is 0 Å². The summed E-state index contributed by atoms with van der Waals surface area (Å²) in [6.45, 7) is 0. The Morgan fingerprint density at radius 3 is 1.17 bits per heavy atom. The van der Waals surface area contributed by atoms with Crippen LogP contribution in [0.4, 0.5) is 0 Å². The fourth-order valence-corrected chi connectivity index (χ4v) is 0. The van der Waals surface area contributed by atoms with Gasteiger partial charge < -0.3 is 23.8 Å². The minimum Gasteiger partial charge on any atom is -0.822 e. The third kappa shape index (κ3) is 445. The Labute approximate surface area is 108 Å². The summed E-state index contributed by atoms with van der Waals surface area (Å²) in [6, 6.07) is 0. The molecule has 0 amide bonds. The predicted octanol–water partition coefficient (Wildman–Crippen LogP) is -4.20. The molecule has 0 spiro atoms. The molecule has 12 heteroatoms. The van der Waals surface area contributed by atoms with Crippen LogP contribution in [-0.4, -0.2) is 55.3 Å². The molecule has 0 aliphatic carbocycles. The summed E-state index contributed by atoms with van der Waals surface area (Å²) in [5, 5.41) is 0. The van der Waals surface area contributed by atoms with Gasteiger partial charge in [-0.2, -0.15) is 7.82 Å². The first-order chi connectivity index (χ1) is 4.00. The average molecular weight is 291 g/mol. The second kappa shape index (κ2) is 9.31. The molecule has 0 fully saturated rings. The minimum absolute atomic E-state index is 0. The van der Waals surface area contributed by atoms with E-state index in [1.807, 2.05) is 0 Å². The molecule has 1 N–H and O–H groups in total. The average Bonchev–Trinajstić information content (AvgIpc) is 1.12. The van der Waals surface area contributed by atoms with E-state index in [2.05, 4.69) is 0 Å². The molecule has 0 unspecified atom stereocenters. The van der Waals surface area contributed by atoms with Crippen LogP contribution in [0.15, 0.2) is 0 Å². The van der Waals surface area contributed by atoms with Crippen LogP contribution in [0.3, 0.4) is 0 Å². The molecule has 0 atom stereocenters. The maximum atomic E-state index is 8.63. The van der Waals surface area contributed by atoms with Crippen molar-refractivity contribution in [1.82, 2.24) is 0 Å². The second-order valence-corrected chi connectivity index (χ2v) is 2.62. The summed E-state index contributed by atoms with van der Waals surface area (Å²) in [5.41, 5.74) is 0. The van der Waals surface area contributed by atoms with Crippen LogP contribution in [-0.2, 0) is 31.7 Å². The fourth-order valence-electron chi connectivity index (χ4n) is 0. The molecule has 71 valence electrons. The minimum atomic E-state index is -5.39. The van der Waals surface area contributed by atoms with Crippen molar-refractivity contribution < 1.29 is 53.5 Å². The van der Waals surface area contributed by atoms with Gasteiger partial charge in [0.15, 0.2) is 0 Å². The summed E-state index contributed by atoms with van der Waals surface area (Å²) >= 11 is 0. The van der Waals surface area contributed by atoms with E-state index in [9.17, 15) is 0 Å². The van der Waals surface area contributed by atoms with Crippen molar-refractivity contribution >= 4 is 56.0 Å². The van der Waals surface area contributed by atoms with Gasteiger partial charge in [-0.1, -0.05) is 0 Å². The van der Waals surface area contributed by atoms with Gasteiger partial charge in [-0.3, -0.25) is 4.55 Å². The standard InChI is InChI=1S/Ca.Co.H3O4P.H2O4S/c;;2*1-5(2,3)4/h;;(H3,1,2,3,4);(H2,1,2,3,4)/q2*+2;;/p-4.